The second-order valence-electron chi connectivity index (χ2n) is 5.16. The second-order valence-corrected chi connectivity index (χ2v) is 7.30. The van der Waals surface area contributed by atoms with E-state index in [4.69, 9.17) is 0 Å². The van der Waals surface area contributed by atoms with Gasteiger partial charge in [-0.15, -0.1) is 0 Å². The molecule has 0 aliphatic heterocycles. The Bertz CT molecular complexity index is 543. The highest BCUT2D eigenvalue weighted by molar-refractivity contribution is 7.89. The van der Waals surface area contributed by atoms with Gasteiger partial charge in [0.25, 0.3) is 0 Å². The van der Waals surface area contributed by atoms with Crippen molar-refractivity contribution in [1.82, 2.24) is 15.3 Å². The van der Waals surface area contributed by atoms with E-state index in [1.807, 2.05) is 0 Å². The average Bonchev–Trinajstić information content (AvgIpc) is 2.34. The first-order valence-electron chi connectivity index (χ1n) is 6.75. The summed E-state index contributed by atoms with van der Waals surface area (Å²) >= 11 is 0. The number of aromatic nitrogens is 2. The zero-order valence-electron chi connectivity index (χ0n) is 11.5. The molecule has 0 saturated carbocycles. The summed E-state index contributed by atoms with van der Waals surface area (Å²) in [4.78, 5) is 8.63. The molecule has 0 amide bonds. The molecule has 0 spiro atoms. The first-order chi connectivity index (χ1) is 8.99. The highest BCUT2D eigenvalue weighted by atomic mass is 32.2. The topological polar surface area (TPSA) is 72.0 Å². The van der Waals surface area contributed by atoms with Crippen LogP contribution >= 0.6 is 0 Å². The molecule has 1 aliphatic carbocycles. The van der Waals surface area contributed by atoms with Gasteiger partial charge < -0.3 is 5.32 Å². The molecular formula is C13H21N3O2S. The van der Waals surface area contributed by atoms with Crippen molar-refractivity contribution in [1.29, 1.82) is 0 Å². The Labute approximate surface area is 114 Å². The van der Waals surface area contributed by atoms with Crippen LogP contribution in [0.25, 0.3) is 0 Å². The third-order valence-electron chi connectivity index (χ3n) is 3.26. The minimum Gasteiger partial charge on any atom is -0.310 e. The van der Waals surface area contributed by atoms with Crippen molar-refractivity contribution < 1.29 is 8.42 Å². The Morgan fingerprint density at radius 3 is 2.95 bits per heavy atom. The number of aryl methyl sites for hydroxylation is 1. The fourth-order valence-corrected chi connectivity index (χ4v) is 3.03. The van der Waals surface area contributed by atoms with E-state index >= 15 is 0 Å². The van der Waals surface area contributed by atoms with Crippen molar-refractivity contribution in [3.63, 3.8) is 0 Å². The molecule has 2 rings (SSSR count). The first-order valence-corrected chi connectivity index (χ1v) is 8.81. The fourth-order valence-electron chi connectivity index (χ4n) is 2.42. The van der Waals surface area contributed by atoms with Crippen LogP contribution in [0.4, 0.5) is 0 Å². The minimum atomic E-state index is -3.07. The van der Waals surface area contributed by atoms with Crippen LogP contribution in [0.15, 0.2) is 6.20 Å². The van der Waals surface area contributed by atoms with Crippen LogP contribution in [0, 0.1) is 0 Å². The molecule has 1 aromatic heterocycles. The van der Waals surface area contributed by atoms with Crippen molar-refractivity contribution in [2.24, 2.45) is 0 Å². The molecule has 1 aromatic rings. The zero-order chi connectivity index (χ0) is 13.9. The molecule has 0 bridgehead atoms. The van der Waals surface area contributed by atoms with Crippen molar-refractivity contribution >= 4 is 9.84 Å². The number of rotatable bonds is 5. The predicted molar refractivity (Wildman–Crippen MR) is 74.6 cm³/mol. The molecule has 0 saturated heterocycles. The summed E-state index contributed by atoms with van der Waals surface area (Å²) in [7, 11) is -3.07. The minimum absolute atomic E-state index is 0.0761. The zero-order valence-corrected chi connectivity index (χ0v) is 12.3. The van der Waals surface area contributed by atoms with Gasteiger partial charge in [-0.2, -0.15) is 0 Å². The van der Waals surface area contributed by atoms with Gasteiger partial charge in [0.15, 0.2) is 9.84 Å². The Balaban J connectivity index is 2.20. The van der Waals surface area contributed by atoms with Crippen LogP contribution in [0.3, 0.4) is 0 Å². The second kappa shape index (κ2) is 5.96. The standard InChI is InChI=1S/C13H21N3O2S/c1-3-7-14-11-5-4-6-12-10(11)8-15-13(16-12)9-19(2,17)18/h8,11,14H,3-7,9H2,1-2H3. The van der Waals surface area contributed by atoms with E-state index in [2.05, 4.69) is 22.2 Å². The summed E-state index contributed by atoms with van der Waals surface area (Å²) < 4.78 is 22.6. The summed E-state index contributed by atoms with van der Waals surface area (Å²) in [6.45, 7) is 3.12. The molecule has 106 valence electrons. The molecule has 19 heavy (non-hydrogen) atoms. The van der Waals surface area contributed by atoms with E-state index < -0.39 is 9.84 Å². The lowest BCUT2D eigenvalue weighted by molar-refractivity contribution is 0.452. The van der Waals surface area contributed by atoms with Gasteiger partial charge in [-0.3, -0.25) is 0 Å². The highest BCUT2D eigenvalue weighted by Gasteiger charge is 2.22. The molecule has 5 nitrogen and oxygen atoms in total. The van der Waals surface area contributed by atoms with E-state index in [0.29, 0.717) is 11.9 Å². The van der Waals surface area contributed by atoms with Crippen molar-refractivity contribution in [3.05, 3.63) is 23.3 Å². The summed E-state index contributed by atoms with van der Waals surface area (Å²) in [5.74, 6) is 0.338. The van der Waals surface area contributed by atoms with Gasteiger partial charge >= 0.3 is 0 Å². The van der Waals surface area contributed by atoms with Crippen molar-refractivity contribution in [2.75, 3.05) is 12.8 Å². The molecular weight excluding hydrogens is 262 g/mol. The van der Waals surface area contributed by atoms with Crippen LogP contribution in [-0.4, -0.2) is 31.2 Å². The maximum absolute atomic E-state index is 11.3. The Morgan fingerprint density at radius 1 is 1.47 bits per heavy atom. The average molecular weight is 283 g/mol. The number of hydrogen-bond donors (Lipinski definition) is 1. The Hall–Kier alpha value is -1.01. The quantitative estimate of drug-likeness (QED) is 0.884. The van der Waals surface area contributed by atoms with E-state index in [1.165, 1.54) is 6.26 Å². The van der Waals surface area contributed by atoms with Crippen LogP contribution in [-0.2, 0) is 22.0 Å². The van der Waals surface area contributed by atoms with Crippen LogP contribution in [0.5, 0.6) is 0 Å². The smallest absolute Gasteiger partial charge is 0.154 e. The Morgan fingerprint density at radius 2 is 2.26 bits per heavy atom. The van der Waals surface area contributed by atoms with Crippen LogP contribution in [0.1, 0.15) is 49.3 Å². The SMILES string of the molecule is CCCNC1CCCc2nc(CS(C)(=O)=O)ncc21. The molecule has 6 heteroatoms. The van der Waals surface area contributed by atoms with Gasteiger partial charge in [-0.1, -0.05) is 6.92 Å². The highest BCUT2D eigenvalue weighted by Crippen LogP contribution is 2.28. The molecule has 0 radical (unpaired) electrons. The van der Waals surface area contributed by atoms with Crippen LogP contribution < -0.4 is 5.32 Å². The van der Waals surface area contributed by atoms with Crippen molar-refractivity contribution in [3.8, 4) is 0 Å². The Kier molecular flexibility index (Phi) is 4.52. The number of fused-ring (bicyclic) bond motifs is 1. The maximum atomic E-state index is 11.3. The van der Waals surface area contributed by atoms with Gasteiger partial charge in [0, 0.05) is 29.8 Å². The van der Waals surface area contributed by atoms with Crippen LogP contribution in [0.2, 0.25) is 0 Å². The largest absolute Gasteiger partial charge is 0.310 e. The first kappa shape index (κ1) is 14.4. The van der Waals surface area contributed by atoms with Gasteiger partial charge in [-0.25, -0.2) is 18.4 Å². The molecule has 1 N–H and O–H groups in total. The van der Waals surface area contributed by atoms with Gasteiger partial charge in [0.1, 0.15) is 11.6 Å². The monoisotopic (exact) mass is 283 g/mol. The predicted octanol–water partition coefficient (Wildman–Crippen LogP) is 1.40. The molecule has 1 atom stereocenters. The van der Waals surface area contributed by atoms with E-state index in [1.54, 1.807) is 6.20 Å². The van der Waals surface area contributed by atoms with E-state index in [9.17, 15) is 8.42 Å². The molecule has 1 aliphatic rings. The molecule has 0 fully saturated rings. The van der Waals surface area contributed by atoms with Gasteiger partial charge in [-0.05, 0) is 32.2 Å². The lowest BCUT2D eigenvalue weighted by Gasteiger charge is -2.25. The normalized spacial score (nSPS) is 19.2. The fraction of sp³-hybridized carbons (Fsp3) is 0.692. The molecule has 0 aromatic carbocycles. The van der Waals surface area contributed by atoms with E-state index in [0.717, 1.165) is 43.5 Å². The summed E-state index contributed by atoms with van der Waals surface area (Å²) in [5, 5.41) is 3.50. The van der Waals surface area contributed by atoms with Crippen molar-refractivity contribution in [2.45, 2.75) is 44.4 Å². The number of sulfone groups is 1. The summed E-state index contributed by atoms with van der Waals surface area (Å²) in [6, 6.07) is 0.316. The summed E-state index contributed by atoms with van der Waals surface area (Å²) in [5.41, 5.74) is 2.14. The number of nitrogens with zero attached hydrogens (tertiary/aromatic N) is 2. The third-order valence-corrected chi connectivity index (χ3v) is 4.05. The summed E-state index contributed by atoms with van der Waals surface area (Å²) in [6.07, 6.45) is 7.21. The maximum Gasteiger partial charge on any atom is 0.154 e. The van der Waals surface area contributed by atoms with Gasteiger partial charge in [0.2, 0.25) is 0 Å². The van der Waals surface area contributed by atoms with Gasteiger partial charge in [0.05, 0.1) is 0 Å². The lowest BCUT2D eigenvalue weighted by Crippen LogP contribution is -2.27. The lowest BCUT2D eigenvalue weighted by atomic mass is 9.92. The molecule has 1 unspecified atom stereocenters. The van der Waals surface area contributed by atoms with E-state index in [-0.39, 0.29) is 5.75 Å². The number of nitrogens with one attached hydrogen (secondary N) is 1. The molecule has 1 heterocycles. The third kappa shape index (κ3) is 3.98. The number of hydrogen-bond acceptors (Lipinski definition) is 5.